The molecule has 0 fully saturated rings. The van der Waals surface area contributed by atoms with Crippen LogP contribution in [0.3, 0.4) is 0 Å². The number of aromatic nitrogens is 3. The summed E-state index contributed by atoms with van der Waals surface area (Å²) < 4.78 is 6.73. The van der Waals surface area contributed by atoms with Crippen molar-refractivity contribution in [1.82, 2.24) is 20.1 Å². The summed E-state index contributed by atoms with van der Waals surface area (Å²) in [5, 5.41) is 7.50. The van der Waals surface area contributed by atoms with Crippen molar-refractivity contribution in [3.63, 3.8) is 0 Å². The predicted octanol–water partition coefficient (Wildman–Crippen LogP) is 1.84. The second-order valence-corrected chi connectivity index (χ2v) is 4.74. The Morgan fingerprint density at radius 2 is 2.29 bits per heavy atom. The summed E-state index contributed by atoms with van der Waals surface area (Å²) >= 11 is 0. The summed E-state index contributed by atoms with van der Waals surface area (Å²) in [6, 6.07) is 4.05. The Kier molecular flexibility index (Phi) is 5.05. The van der Waals surface area contributed by atoms with Gasteiger partial charge in [-0.15, -0.1) is 0 Å². The lowest BCUT2D eigenvalue weighted by Crippen LogP contribution is -2.21. The highest BCUT2D eigenvalue weighted by molar-refractivity contribution is 5.90. The van der Waals surface area contributed by atoms with Crippen molar-refractivity contribution in [3.05, 3.63) is 47.5 Å². The van der Waals surface area contributed by atoms with Crippen LogP contribution in [0, 0.1) is 0 Å². The number of carbonyl (C=O) groups excluding carboxylic acids is 1. The number of hydrogen-bond donors (Lipinski definition) is 1. The Balaban J connectivity index is 2.06. The van der Waals surface area contributed by atoms with Gasteiger partial charge in [-0.2, -0.15) is 5.10 Å². The van der Waals surface area contributed by atoms with Crippen LogP contribution in [-0.4, -0.2) is 27.3 Å². The molecule has 6 heteroatoms. The van der Waals surface area contributed by atoms with Gasteiger partial charge in [0, 0.05) is 32.0 Å². The number of pyridine rings is 1. The first-order valence-corrected chi connectivity index (χ1v) is 6.94. The van der Waals surface area contributed by atoms with Gasteiger partial charge < -0.3 is 10.1 Å². The molecule has 0 spiro atoms. The van der Waals surface area contributed by atoms with Crippen LogP contribution in [-0.2, 0) is 18.3 Å². The molecule has 1 atom stereocenters. The van der Waals surface area contributed by atoms with Gasteiger partial charge in [-0.1, -0.05) is 6.07 Å². The first-order valence-electron chi connectivity index (χ1n) is 6.94. The number of ether oxygens (including phenoxy) is 1. The average molecular weight is 288 g/mol. The van der Waals surface area contributed by atoms with Crippen LogP contribution in [0.25, 0.3) is 0 Å². The quantitative estimate of drug-likeness (QED) is 0.821. The molecule has 0 amide bonds. The van der Waals surface area contributed by atoms with E-state index in [0.29, 0.717) is 18.7 Å². The molecule has 0 radical (unpaired) electrons. The van der Waals surface area contributed by atoms with Crippen LogP contribution in [0.5, 0.6) is 0 Å². The molecule has 0 unspecified atom stereocenters. The summed E-state index contributed by atoms with van der Waals surface area (Å²) in [5.41, 5.74) is 2.41. The molecule has 0 aliphatic rings. The topological polar surface area (TPSA) is 69.0 Å². The monoisotopic (exact) mass is 288 g/mol. The highest BCUT2D eigenvalue weighted by Gasteiger charge is 2.17. The number of rotatable bonds is 6. The van der Waals surface area contributed by atoms with Gasteiger partial charge in [0.2, 0.25) is 0 Å². The molecule has 0 aromatic carbocycles. The molecule has 0 saturated heterocycles. The zero-order chi connectivity index (χ0) is 15.2. The van der Waals surface area contributed by atoms with Crippen LogP contribution in [0.2, 0.25) is 0 Å². The van der Waals surface area contributed by atoms with Crippen molar-refractivity contribution >= 4 is 5.97 Å². The van der Waals surface area contributed by atoms with E-state index in [1.807, 2.05) is 25.4 Å². The molecule has 6 nitrogen and oxygen atoms in total. The van der Waals surface area contributed by atoms with Crippen molar-refractivity contribution in [3.8, 4) is 0 Å². The van der Waals surface area contributed by atoms with Crippen molar-refractivity contribution < 1.29 is 9.53 Å². The van der Waals surface area contributed by atoms with E-state index in [0.717, 1.165) is 11.3 Å². The van der Waals surface area contributed by atoms with E-state index >= 15 is 0 Å². The highest BCUT2D eigenvalue weighted by Crippen LogP contribution is 2.14. The van der Waals surface area contributed by atoms with Gasteiger partial charge in [0.25, 0.3) is 0 Å². The average Bonchev–Trinajstić information content (AvgIpc) is 2.87. The number of aryl methyl sites for hydroxylation is 1. The molecule has 2 aromatic rings. The Hall–Kier alpha value is -2.21. The van der Waals surface area contributed by atoms with Crippen LogP contribution in [0.15, 0.2) is 30.7 Å². The molecule has 2 aromatic heterocycles. The van der Waals surface area contributed by atoms with Gasteiger partial charge in [-0.25, -0.2) is 4.79 Å². The molecule has 21 heavy (non-hydrogen) atoms. The maximum atomic E-state index is 11.9. The normalized spacial score (nSPS) is 12.1. The second kappa shape index (κ2) is 6.99. The van der Waals surface area contributed by atoms with E-state index in [-0.39, 0.29) is 12.0 Å². The first-order chi connectivity index (χ1) is 10.1. The van der Waals surface area contributed by atoms with Crippen LogP contribution in [0.4, 0.5) is 0 Å². The van der Waals surface area contributed by atoms with E-state index in [4.69, 9.17) is 4.74 Å². The number of nitrogens with zero attached hydrogens (tertiary/aromatic N) is 3. The van der Waals surface area contributed by atoms with E-state index in [1.165, 1.54) is 0 Å². The van der Waals surface area contributed by atoms with Crippen molar-refractivity contribution in [2.75, 3.05) is 6.61 Å². The summed E-state index contributed by atoms with van der Waals surface area (Å²) in [6.45, 7) is 4.72. The van der Waals surface area contributed by atoms with E-state index < -0.39 is 0 Å². The minimum Gasteiger partial charge on any atom is -0.462 e. The molecular formula is C15H20N4O2. The molecule has 2 rings (SSSR count). The Morgan fingerprint density at radius 1 is 1.48 bits per heavy atom. The maximum Gasteiger partial charge on any atom is 0.341 e. The zero-order valence-electron chi connectivity index (χ0n) is 12.5. The van der Waals surface area contributed by atoms with Crippen LogP contribution < -0.4 is 5.32 Å². The summed E-state index contributed by atoms with van der Waals surface area (Å²) in [6.07, 6.45) is 5.12. The van der Waals surface area contributed by atoms with E-state index in [2.05, 4.69) is 22.3 Å². The second-order valence-electron chi connectivity index (χ2n) is 4.74. The molecule has 2 heterocycles. The van der Waals surface area contributed by atoms with Crippen LogP contribution >= 0.6 is 0 Å². The number of hydrogen-bond acceptors (Lipinski definition) is 5. The molecule has 0 aliphatic carbocycles. The molecule has 0 saturated carbocycles. The van der Waals surface area contributed by atoms with Crippen molar-refractivity contribution in [2.45, 2.75) is 26.4 Å². The third-order valence-corrected chi connectivity index (χ3v) is 3.32. The van der Waals surface area contributed by atoms with Gasteiger partial charge in [-0.3, -0.25) is 9.67 Å². The van der Waals surface area contributed by atoms with E-state index in [1.54, 1.807) is 24.0 Å². The minimum absolute atomic E-state index is 0.128. The lowest BCUT2D eigenvalue weighted by atomic mass is 10.1. The van der Waals surface area contributed by atoms with Gasteiger partial charge in [-0.05, 0) is 25.5 Å². The predicted molar refractivity (Wildman–Crippen MR) is 78.7 cm³/mol. The molecule has 1 N–H and O–H groups in total. The van der Waals surface area contributed by atoms with E-state index in [9.17, 15) is 4.79 Å². The van der Waals surface area contributed by atoms with Gasteiger partial charge in [0.1, 0.15) is 5.56 Å². The molecule has 112 valence electrons. The van der Waals surface area contributed by atoms with Gasteiger partial charge in [0.05, 0.1) is 18.5 Å². The fraction of sp³-hybridized carbons (Fsp3) is 0.400. The lowest BCUT2D eigenvalue weighted by molar-refractivity contribution is 0.0524. The Labute approximate surface area is 124 Å². The summed E-state index contributed by atoms with van der Waals surface area (Å²) in [7, 11) is 1.81. The van der Waals surface area contributed by atoms with Gasteiger partial charge >= 0.3 is 5.97 Å². The Morgan fingerprint density at radius 3 is 2.95 bits per heavy atom. The molecule has 0 aliphatic heterocycles. The van der Waals surface area contributed by atoms with Crippen molar-refractivity contribution in [1.29, 1.82) is 0 Å². The maximum absolute atomic E-state index is 11.9. The summed E-state index contributed by atoms with van der Waals surface area (Å²) in [5.74, 6) is -0.337. The highest BCUT2D eigenvalue weighted by atomic mass is 16.5. The lowest BCUT2D eigenvalue weighted by Gasteiger charge is -2.14. The molecular weight excluding hydrogens is 268 g/mol. The standard InChI is InChI=1S/C15H20N4O2/c1-4-21-15(20)13-9-18-19(3)14(13)10-17-11(2)12-6-5-7-16-8-12/h5-9,11,17H,4,10H2,1-3H3/t11-/m1/s1. The third kappa shape index (κ3) is 3.66. The first kappa shape index (κ1) is 15.2. The fourth-order valence-corrected chi connectivity index (χ4v) is 2.05. The van der Waals surface area contributed by atoms with Gasteiger partial charge in [0.15, 0.2) is 0 Å². The van der Waals surface area contributed by atoms with Crippen LogP contribution in [0.1, 0.15) is 41.5 Å². The summed E-state index contributed by atoms with van der Waals surface area (Å²) in [4.78, 5) is 16.0. The minimum atomic E-state index is -0.337. The number of esters is 1. The van der Waals surface area contributed by atoms with Crippen molar-refractivity contribution in [2.24, 2.45) is 7.05 Å². The SMILES string of the molecule is CCOC(=O)c1cnn(C)c1CN[C@H](C)c1cccnc1. The largest absolute Gasteiger partial charge is 0.462 e. The number of nitrogens with one attached hydrogen (secondary N) is 1. The number of carbonyl (C=O) groups is 1. The fourth-order valence-electron chi connectivity index (χ4n) is 2.05. The third-order valence-electron chi connectivity index (χ3n) is 3.32. The molecule has 0 bridgehead atoms. The smallest absolute Gasteiger partial charge is 0.341 e. The Bertz CT molecular complexity index is 595. The zero-order valence-corrected chi connectivity index (χ0v) is 12.5.